The Morgan fingerprint density at radius 3 is 2.43 bits per heavy atom. The van der Waals surface area contributed by atoms with E-state index in [9.17, 15) is 18.4 Å². The maximum absolute atomic E-state index is 12.4. The van der Waals surface area contributed by atoms with Gasteiger partial charge in [-0.25, -0.2) is 0 Å². The normalized spacial score (nSPS) is 18.4. The van der Waals surface area contributed by atoms with Crippen molar-refractivity contribution < 1.29 is 23.1 Å². The zero-order chi connectivity index (χ0) is 15.6. The number of rotatable bonds is 3. The molecule has 0 aliphatic carbocycles. The Bertz CT molecular complexity index is 544. The van der Waals surface area contributed by atoms with Crippen LogP contribution in [0.2, 0.25) is 0 Å². The van der Waals surface area contributed by atoms with Crippen molar-refractivity contribution in [2.45, 2.75) is 32.4 Å². The summed E-state index contributed by atoms with van der Waals surface area (Å²) in [5.74, 6) is -0.436. The van der Waals surface area contributed by atoms with Crippen molar-refractivity contribution in [1.29, 1.82) is 0 Å². The molecular weight excluding hydrogens is 282 g/mol. The molecule has 114 valence electrons. The molecule has 21 heavy (non-hydrogen) atoms. The van der Waals surface area contributed by atoms with Gasteiger partial charge in [0.25, 0.3) is 5.91 Å². The molecule has 1 N–H and O–H groups in total. The van der Waals surface area contributed by atoms with E-state index in [1.807, 2.05) is 0 Å². The van der Waals surface area contributed by atoms with Gasteiger partial charge in [-0.2, -0.15) is 8.78 Å². The first-order chi connectivity index (χ1) is 9.79. The Morgan fingerprint density at radius 1 is 1.24 bits per heavy atom. The standard InChI is InChI=1S/C14H16F2N2O3/c1-14(2)12(20)18(8-7-11(19)17-14)9-3-5-10(6-4-9)21-13(15)16/h3-6,13H,7-8H2,1-2H3,(H,17,19). The summed E-state index contributed by atoms with van der Waals surface area (Å²) < 4.78 is 28.5. The van der Waals surface area contributed by atoms with Gasteiger partial charge in [-0.15, -0.1) is 0 Å². The van der Waals surface area contributed by atoms with Crippen molar-refractivity contribution in [3.05, 3.63) is 24.3 Å². The summed E-state index contributed by atoms with van der Waals surface area (Å²) in [7, 11) is 0. The predicted molar refractivity (Wildman–Crippen MR) is 72.3 cm³/mol. The molecule has 0 bridgehead atoms. The van der Waals surface area contributed by atoms with Crippen molar-refractivity contribution in [2.75, 3.05) is 11.4 Å². The monoisotopic (exact) mass is 298 g/mol. The van der Waals surface area contributed by atoms with E-state index in [1.165, 1.54) is 29.2 Å². The van der Waals surface area contributed by atoms with Crippen LogP contribution in [-0.2, 0) is 9.59 Å². The molecule has 1 heterocycles. The fourth-order valence-electron chi connectivity index (χ4n) is 2.17. The largest absolute Gasteiger partial charge is 0.435 e. The van der Waals surface area contributed by atoms with Gasteiger partial charge in [0.2, 0.25) is 5.91 Å². The smallest absolute Gasteiger partial charge is 0.387 e. The lowest BCUT2D eigenvalue weighted by atomic mass is 10.0. The highest BCUT2D eigenvalue weighted by Crippen LogP contribution is 2.24. The van der Waals surface area contributed by atoms with Gasteiger partial charge in [0.15, 0.2) is 0 Å². The molecule has 2 amide bonds. The molecule has 1 aromatic rings. The Morgan fingerprint density at radius 2 is 1.86 bits per heavy atom. The topological polar surface area (TPSA) is 58.6 Å². The summed E-state index contributed by atoms with van der Waals surface area (Å²) in [6.45, 7) is 0.597. The fraction of sp³-hybridized carbons (Fsp3) is 0.429. The van der Waals surface area contributed by atoms with E-state index in [4.69, 9.17) is 0 Å². The van der Waals surface area contributed by atoms with Crippen LogP contribution in [0.15, 0.2) is 24.3 Å². The van der Waals surface area contributed by atoms with E-state index in [-0.39, 0.29) is 30.5 Å². The van der Waals surface area contributed by atoms with Crippen LogP contribution in [0.3, 0.4) is 0 Å². The number of alkyl halides is 2. The summed E-state index contributed by atoms with van der Waals surface area (Å²) in [5, 5.41) is 2.65. The summed E-state index contributed by atoms with van der Waals surface area (Å²) in [6, 6.07) is 5.76. The van der Waals surface area contributed by atoms with Crippen LogP contribution >= 0.6 is 0 Å². The zero-order valence-electron chi connectivity index (χ0n) is 11.7. The maximum Gasteiger partial charge on any atom is 0.387 e. The number of carbonyl (C=O) groups excluding carboxylic acids is 2. The lowest BCUT2D eigenvalue weighted by Gasteiger charge is -2.28. The minimum atomic E-state index is -2.89. The molecule has 0 spiro atoms. The Kier molecular flexibility index (Phi) is 4.11. The van der Waals surface area contributed by atoms with E-state index in [2.05, 4.69) is 10.1 Å². The molecule has 0 unspecified atom stereocenters. The molecule has 7 heteroatoms. The molecule has 1 saturated heterocycles. The number of hydrogen-bond acceptors (Lipinski definition) is 3. The summed E-state index contributed by atoms with van der Waals surface area (Å²) in [4.78, 5) is 25.5. The molecule has 0 radical (unpaired) electrons. The molecule has 1 aliphatic heterocycles. The molecule has 2 rings (SSSR count). The van der Waals surface area contributed by atoms with Crippen LogP contribution in [0.1, 0.15) is 20.3 Å². The number of hydrogen-bond donors (Lipinski definition) is 1. The molecule has 1 aromatic carbocycles. The zero-order valence-corrected chi connectivity index (χ0v) is 11.7. The van der Waals surface area contributed by atoms with Gasteiger partial charge in [-0.3, -0.25) is 9.59 Å². The van der Waals surface area contributed by atoms with Crippen molar-refractivity contribution in [3.63, 3.8) is 0 Å². The van der Waals surface area contributed by atoms with Gasteiger partial charge in [0.1, 0.15) is 11.3 Å². The average Bonchev–Trinajstić information content (AvgIpc) is 2.48. The second-order valence-electron chi connectivity index (χ2n) is 5.25. The highest BCUT2D eigenvalue weighted by molar-refractivity contribution is 6.03. The molecule has 0 aromatic heterocycles. The van der Waals surface area contributed by atoms with Crippen molar-refractivity contribution in [2.24, 2.45) is 0 Å². The van der Waals surface area contributed by atoms with Crippen molar-refractivity contribution in [3.8, 4) is 5.75 Å². The SMILES string of the molecule is CC1(C)NC(=O)CCN(c2ccc(OC(F)F)cc2)C1=O. The van der Waals surface area contributed by atoms with Gasteiger partial charge >= 0.3 is 6.61 Å². The lowest BCUT2D eigenvalue weighted by molar-refractivity contribution is -0.128. The Labute approximate surface area is 120 Å². The second-order valence-corrected chi connectivity index (χ2v) is 5.25. The summed E-state index contributed by atoms with van der Waals surface area (Å²) >= 11 is 0. The highest BCUT2D eigenvalue weighted by Gasteiger charge is 2.37. The number of carbonyl (C=O) groups is 2. The fourth-order valence-corrected chi connectivity index (χ4v) is 2.17. The van der Waals surface area contributed by atoms with E-state index in [1.54, 1.807) is 13.8 Å². The number of anilines is 1. The number of amides is 2. The maximum atomic E-state index is 12.4. The predicted octanol–water partition coefficient (Wildman–Crippen LogP) is 1.92. The van der Waals surface area contributed by atoms with Crippen LogP contribution in [0.25, 0.3) is 0 Å². The lowest BCUT2D eigenvalue weighted by Crippen LogP contribution is -2.53. The number of ether oxygens (including phenoxy) is 1. The van der Waals surface area contributed by atoms with Gasteiger partial charge in [-0.1, -0.05) is 0 Å². The van der Waals surface area contributed by atoms with Crippen LogP contribution in [0, 0.1) is 0 Å². The van der Waals surface area contributed by atoms with Crippen molar-refractivity contribution >= 4 is 17.5 Å². The number of nitrogens with one attached hydrogen (secondary N) is 1. The van der Waals surface area contributed by atoms with Crippen molar-refractivity contribution in [1.82, 2.24) is 5.32 Å². The minimum Gasteiger partial charge on any atom is -0.435 e. The van der Waals surface area contributed by atoms with Gasteiger partial charge < -0.3 is 15.0 Å². The van der Waals surface area contributed by atoms with E-state index < -0.39 is 12.2 Å². The van der Waals surface area contributed by atoms with Gasteiger partial charge in [-0.05, 0) is 38.1 Å². The Hall–Kier alpha value is -2.18. The second kappa shape index (κ2) is 5.67. The third kappa shape index (κ3) is 3.48. The summed E-state index contributed by atoms with van der Waals surface area (Å²) in [5.41, 5.74) is -0.475. The van der Waals surface area contributed by atoms with E-state index in [0.717, 1.165) is 0 Å². The molecule has 0 atom stereocenters. The molecule has 1 aliphatic rings. The van der Waals surface area contributed by atoms with E-state index in [0.29, 0.717) is 5.69 Å². The van der Waals surface area contributed by atoms with E-state index >= 15 is 0 Å². The first-order valence-corrected chi connectivity index (χ1v) is 6.47. The van der Waals surface area contributed by atoms with Crippen LogP contribution < -0.4 is 15.0 Å². The molecular formula is C14H16F2N2O3. The van der Waals surface area contributed by atoms with Crippen LogP contribution in [0.4, 0.5) is 14.5 Å². The summed E-state index contributed by atoms with van der Waals surface area (Å²) in [6.07, 6.45) is 0.185. The van der Waals surface area contributed by atoms with Crippen LogP contribution in [0.5, 0.6) is 5.75 Å². The average molecular weight is 298 g/mol. The number of benzene rings is 1. The first kappa shape index (κ1) is 15.2. The van der Waals surface area contributed by atoms with Gasteiger partial charge in [0.05, 0.1) is 0 Å². The number of nitrogens with zero attached hydrogens (tertiary/aromatic N) is 1. The molecule has 0 saturated carbocycles. The third-order valence-electron chi connectivity index (χ3n) is 3.17. The molecule has 1 fully saturated rings. The number of halogens is 2. The van der Waals surface area contributed by atoms with Crippen LogP contribution in [-0.4, -0.2) is 30.5 Å². The van der Waals surface area contributed by atoms with Gasteiger partial charge in [0, 0.05) is 18.7 Å². The quantitative estimate of drug-likeness (QED) is 0.927. The highest BCUT2D eigenvalue weighted by atomic mass is 19.3. The first-order valence-electron chi connectivity index (χ1n) is 6.47. The molecule has 5 nitrogen and oxygen atoms in total. The minimum absolute atomic E-state index is 0.0180. The Balaban J connectivity index is 2.23. The third-order valence-corrected chi connectivity index (χ3v) is 3.17.